The van der Waals surface area contributed by atoms with Crippen LogP contribution in [0.25, 0.3) is 0 Å². The first-order chi connectivity index (χ1) is 4.67. The summed E-state index contributed by atoms with van der Waals surface area (Å²) in [5.74, 6) is 0. The van der Waals surface area contributed by atoms with E-state index in [9.17, 15) is 0 Å². The Bertz CT molecular complexity index is 193. The Kier molecular flexibility index (Phi) is 2.06. The van der Waals surface area contributed by atoms with Crippen LogP contribution in [0.15, 0.2) is 11.7 Å². The van der Waals surface area contributed by atoms with Crippen molar-refractivity contribution in [2.45, 2.75) is 19.4 Å². The average Bonchev–Trinajstić information content (AvgIpc) is 2.38. The lowest BCUT2D eigenvalue weighted by atomic mass is 10.1. The van der Waals surface area contributed by atoms with E-state index >= 15 is 0 Å². The summed E-state index contributed by atoms with van der Waals surface area (Å²) in [4.78, 5) is 5.14. The fourth-order valence-corrected chi connectivity index (χ4v) is 1.34. The highest BCUT2D eigenvalue weighted by atomic mass is 32.1. The molecule has 1 rings (SSSR count). The van der Waals surface area contributed by atoms with Crippen LogP contribution < -0.4 is 0 Å². The number of rotatable bonds is 2. The van der Waals surface area contributed by atoms with E-state index in [1.807, 2.05) is 25.6 Å². The van der Waals surface area contributed by atoms with Crippen molar-refractivity contribution < 1.29 is 4.74 Å². The SMILES string of the molecule is COC(C)(C)c1cncs1. The lowest BCUT2D eigenvalue weighted by Crippen LogP contribution is -2.17. The van der Waals surface area contributed by atoms with E-state index in [2.05, 4.69) is 4.98 Å². The molecule has 0 radical (unpaired) electrons. The van der Waals surface area contributed by atoms with Crippen LogP contribution in [-0.4, -0.2) is 12.1 Å². The second-order valence-electron chi connectivity index (χ2n) is 2.58. The van der Waals surface area contributed by atoms with E-state index in [1.54, 1.807) is 18.4 Å². The maximum atomic E-state index is 5.25. The third-order valence-electron chi connectivity index (χ3n) is 1.54. The predicted octanol–water partition coefficient (Wildman–Crippen LogP) is 2.02. The fourth-order valence-electron chi connectivity index (χ4n) is 0.614. The number of methoxy groups -OCH3 is 1. The molecule has 0 fully saturated rings. The molecule has 10 heavy (non-hydrogen) atoms. The minimum Gasteiger partial charge on any atom is -0.373 e. The number of thiazole rings is 1. The molecule has 1 aromatic heterocycles. The first-order valence-electron chi connectivity index (χ1n) is 3.11. The Hall–Kier alpha value is -0.410. The smallest absolute Gasteiger partial charge is 0.0978 e. The van der Waals surface area contributed by atoms with Crippen molar-refractivity contribution in [2.24, 2.45) is 0 Å². The molecular weight excluding hydrogens is 146 g/mol. The van der Waals surface area contributed by atoms with Crippen molar-refractivity contribution in [3.05, 3.63) is 16.6 Å². The van der Waals surface area contributed by atoms with Crippen LogP contribution in [0.3, 0.4) is 0 Å². The standard InChI is InChI=1S/C7H11NOS/c1-7(2,9-3)6-4-8-5-10-6/h4-5H,1-3H3. The van der Waals surface area contributed by atoms with Gasteiger partial charge in [0.25, 0.3) is 0 Å². The molecule has 56 valence electrons. The van der Waals surface area contributed by atoms with Crippen molar-refractivity contribution in [3.63, 3.8) is 0 Å². The zero-order valence-electron chi connectivity index (χ0n) is 6.42. The van der Waals surface area contributed by atoms with Gasteiger partial charge in [-0.05, 0) is 13.8 Å². The predicted molar refractivity (Wildman–Crippen MR) is 42.1 cm³/mol. The third kappa shape index (κ3) is 1.36. The zero-order chi connectivity index (χ0) is 7.61. The van der Waals surface area contributed by atoms with Crippen molar-refractivity contribution in [1.29, 1.82) is 0 Å². The first-order valence-corrected chi connectivity index (χ1v) is 3.99. The van der Waals surface area contributed by atoms with E-state index in [0.717, 1.165) is 4.88 Å². The molecule has 0 aromatic carbocycles. The number of nitrogens with zero attached hydrogens (tertiary/aromatic N) is 1. The number of aromatic nitrogens is 1. The third-order valence-corrected chi connectivity index (χ3v) is 2.61. The van der Waals surface area contributed by atoms with Gasteiger partial charge in [0, 0.05) is 13.3 Å². The normalized spacial score (nSPS) is 11.9. The van der Waals surface area contributed by atoms with E-state index < -0.39 is 0 Å². The van der Waals surface area contributed by atoms with Crippen molar-refractivity contribution >= 4 is 11.3 Å². The van der Waals surface area contributed by atoms with Crippen LogP contribution in [0.4, 0.5) is 0 Å². The Labute approximate surface area is 64.9 Å². The van der Waals surface area contributed by atoms with Crippen LogP contribution in [-0.2, 0) is 10.3 Å². The average molecular weight is 157 g/mol. The lowest BCUT2D eigenvalue weighted by molar-refractivity contribution is 0.0222. The highest BCUT2D eigenvalue weighted by molar-refractivity contribution is 7.09. The summed E-state index contributed by atoms with van der Waals surface area (Å²) < 4.78 is 5.25. The summed E-state index contributed by atoms with van der Waals surface area (Å²) in [7, 11) is 1.71. The summed E-state index contributed by atoms with van der Waals surface area (Å²) in [6, 6.07) is 0. The molecule has 0 amide bonds. The summed E-state index contributed by atoms with van der Waals surface area (Å²) >= 11 is 1.62. The Balaban J connectivity index is 2.85. The van der Waals surface area contributed by atoms with Gasteiger partial charge in [-0.15, -0.1) is 11.3 Å². The maximum absolute atomic E-state index is 5.25. The van der Waals surface area contributed by atoms with Gasteiger partial charge in [0.15, 0.2) is 0 Å². The molecule has 3 heteroatoms. The highest BCUT2D eigenvalue weighted by Gasteiger charge is 2.20. The van der Waals surface area contributed by atoms with Crippen molar-refractivity contribution in [1.82, 2.24) is 4.98 Å². The lowest BCUT2D eigenvalue weighted by Gasteiger charge is -2.19. The van der Waals surface area contributed by atoms with E-state index in [4.69, 9.17) is 4.74 Å². The molecule has 2 nitrogen and oxygen atoms in total. The minimum atomic E-state index is -0.179. The van der Waals surface area contributed by atoms with Crippen LogP contribution in [0.2, 0.25) is 0 Å². The summed E-state index contributed by atoms with van der Waals surface area (Å²) in [5.41, 5.74) is 1.64. The Morgan fingerprint density at radius 3 is 2.70 bits per heavy atom. The van der Waals surface area contributed by atoms with Gasteiger partial charge in [-0.25, -0.2) is 0 Å². The molecule has 1 heterocycles. The first kappa shape index (κ1) is 7.69. The number of hydrogen-bond acceptors (Lipinski definition) is 3. The zero-order valence-corrected chi connectivity index (χ0v) is 7.23. The van der Waals surface area contributed by atoms with Crippen LogP contribution in [0, 0.1) is 0 Å². The van der Waals surface area contributed by atoms with Gasteiger partial charge < -0.3 is 4.74 Å². The van der Waals surface area contributed by atoms with Crippen LogP contribution in [0.1, 0.15) is 18.7 Å². The van der Waals surface area contributed by atoms with E-state index in [0.29, 0.717) is 0 Å². The monoisotopic (exact) mass is 157 g/mol. The van der Waals surface area contributed by atoms with Gasteiger partial charge in [0.2, 0.25) is 0 Å². The van der Waals surface area contributed by atoms with Crippen LogP contribution in [0.5, 0.6) is 0 Å². The van der Waals surface area contributed by atoms with Gasteiger partial charge in [-0.3, -0.25) is 4.98 Å². The van der Waals surface area contributed by atoms with E-state index in [1.165, 1.54) is 0 Å². The molecule has 0 unspecified atom stereocenters. The van der Waals surface area contributed by atoms with E-state index in [-0.39, 0.29) is 5.60 Å². The van der Waals surface area contributed by atoms with Gasteiger partial charge in [-0.2, -0.15) is 0 Å². The largest absolute Gasteiger partial charge is 0.373 e. The van der Waals surface area contributed by atoms with Crippen molar-refractivity contribution in [3.8, 4) is 0 Å². The molecule has 0 aliphatic carbocycles. The highest BCUT2D eigenvalue weighted by Crippen LogP contribution is 2.26. The molecule has 0 saturated heterocycles. The Morgan fingerprint density at radius 2 is 2.30 bits per heavy atom. The molecule has 0 aliphatic rings. The van der Waals surface area contributed by atoms with Gasteiger partial charge >= 0.3 is 0 Å². The van der Waals surface area contributed by atoms with Crippen LogP contribution >= 0.6 is 11.3 Å². The van der Waals surface area contributed by atoms with Gasteiger partial charge in [0.05, 0.1) is 16.0 Å². The van der Waals surface area contributed by atoms with Crippen molar-refractivity contribution in [2.75, 3.05) is 7.11 Å². The maximum Gasteiger partial charge on any atom is 0.0978 e. The Morgan fingerprint density at radius 1 is 1.60 bits per heavy atom. The molecule has 0 aliphatic heterocycles. The molecule has 0 N–H and O–H groups in total. The summed E-state index contributed by atoms with van der Waals surface area (Å²) in [6.07, 6.45) is 1.84. The summed E-state index contributed by atoms with van der Waals surface area (Å²) in [5, 5.41) is 0. The molecule has 1 aromatic rings. The molecule has 0 bridgehead atoms. The number of ether oxygens (including phenoxy) is 1. The fraction of sp³-hybridized carbons (Fsp3) is 0.571. The topological polar surface area (TPSA) is 22.1 Å². The second kappa shape index (κ2) is 2.68. The molecule has 0 saturated carbocycles. The van der Waals surface area contributed by atoms with Gasteiger partial charge in [-0.1, -0.05) is 0 Å². The molecular formula is C7H11NOS. The van der Waals surface area contributed by atoms with Gasteiger partial charge in [0.1, 0.15) is 0 Å². The minimum absolute atomic E-state index is 0.179. The quantitative estimate of drug-likeness (QED) is 0.655. The molecule has 0 atom stereocenters. The summed E-state index contributed by atoms with van der Waals surface area (Å²) in [6.45, 7) is 4.06. The molecule has 0 spiro atoms. The second-order valence-corrected chi connectivity index (χ2v) is 3.47. The number of hydrogen-bond donors (Lipinski definition) is 0.